The Hall–Kier alpha value is -2.64. The van der Waals surface area contributed by atoms with Gasteiger partial charge in [-0.15, -0.1) is 11.8 Å². The van der Waals surface area contributed by atoms with Gasteiger partial charge in [0, 0.05) is 36.0 Å². The lowest BCUT2D eigenvalue weighted by atomic mass is 10.1. The van der Waals surface area contributed by atoms with E-state index in [0.29, 0.717) is 12.8 Å². The van der Waals surface area contributed by atoms with Crippen molar-refractivity contribution < 1.29 is 40.8 Å². The lowest BCUT2D eigenvalue weighted by Crippen LogP contribution is -2.21. The van der Waals surface area contributed by atoms with Crippen molar-refractivity contribution in [1.29, 1.82) is 0 Å². The van der Waals surface area contributed by atoms with Crippen molar-refractivity contribution in [2.45, 2.75) is 64.1 Å². The Kier molecular flexibility index (Phi) is 10.8. The van der Waals surface area contributed by atoms with Crippen LogP contribution in [0.25, 0.3) is 0 Å². The summed E-state index contributed by atoms with van der Waals surface area (Å²) >= 11 is 1.31. The molecule has 38 heavy (non-hydrogen) atoms. The first-order valence-electron chi connectivity index (χ1n) is 11.3. The van der Waals surface area contributed by atoms with Gasteiger partial charge in [0.05, 0.1) is 6.61 Å². The number of hydrogen-bond donors (Lipinski definition) is 1. The minimum atomic E-state index is -3.15. The third-order valence-corrected chi connectivity index (χ3v) is 7.10. The second kappa shape index (κ2) is 12.9. The van der Waals surface area contributed by atoms with E-state index in [1.165, 1.54) is 36.0 Å². The minimum Gasteiger partial charge on any atom is -0.391 e. The maximum absolute atomic E-state index is 13.4. The number of aliphatic hydroxyl groups excluding tert-OH is 1. The molecule has 2 aromatic carbocycles. The molecule has 4 rings (SSSR count). The van der Waals surface area contributed by atoms with Crippen LogP contribution >= 0.6 is 11.8 Å². The second-order valence-electron chi connectivity index (χ2n) is 9.64. The molecule has 0 bridgehead atoms. The molecule has 2 aliphatic heterocycles. The van der Waals surface area contributed by atoms with E-state index in [2.05, 4.69) is 10.3 Å². The molecule has 0 aromatic heterocycles. The summed E-state index contributed by atoms with van der Waals surface area (Å²) in [6.07, 6.45) is 2.18. The van der Waals surface area contributed by atoms with Crippen LogP contribution in [0, 0.1) is 23.3 Å². The molecule has 0 atom stereocenters. The molecular weight excluding hydrogens is 548 g/mol. The third-order valence-electron chi connectivity index (χ3n) is 5.04. The molecule has 0 amide bonds. The number of oxime groups is 2. The Balaban J connectivity index is 0.000000211. The molecule has 13 heteroatoms. The van der Waals surface area contributed by atoms with Gasteiger partial charge in [0.2, 0.25) is 0 Å². The van der Waals surface area contributed by atoms with Crippen molar-refractivity contribution in [1.82, 2.24) is 0 Å². The molecule has 0 radical (unpaired) electrons. The van der Waals surface area contributed by atoms with E-state index in [4.69, 9.17) is 14.8 Å². The van der Waals surface area contributed by atoms with Crippen molar-refractivity contribution >= 4 is 31.7 Å². The predicted octanol–water partition coefficient (Wildman–Crippen LogP) is 5.71. The van der Waals surface area contributed by atoms with Crippen LogP contribution in [-0.2, 0) is 31.9 Å². The molecule has 2 aromatic rings. The topological polar surface area (TPSA) is 97.6 Å². The number of sulfone groups is 1. The number of hydrogen-bond acceptors (Lipinski definition) is 8. The highest BCUT2D eigenvalue weighted by molar-refractivity contribution is 8.13. The standard InChI is InChI=1S/C12H13F2NOS.C7H6F2O.C6H11NO3S/c1-12(2)6-11(15-16-12)17-7-8-9(13)4-3-5-10(8)14;8-6-2-1-3-7(9)5(6)4-10;1-6(2)4-5(7-10-6)11(3,8)9/h3-5H,6-7H2,1-2H3;1-3,10H,4H2;4H2,1-3H3. The van der Waals surface area contributed by atoms with Crippen LogP contribution in [0.3, 0.4) is 0 Å². The summed E-state index contributed by atoms with van der Waals surface area (Å²) in [5.41, 5.74) is -0.957. The van der Waals surface area contributed by atoms with Crippen molar-refractivity contribution in [3.8, 4) is 0 Å². The van der Waals surface area contributed by atoms with E-state index in [0.717, 1.165) is 23.4 Å². The quantitative estimate of drug-likeness (QED) is 0.469. The maximum atomic E-state index is 13.4. The van der Waals surface area contributed by atoms with Gasteiger partial charge < -0.3 is 14.8 Å². The monoisotopic (exact) mass is 578 g/mol. The number of nitrogens with zero attached hydrogens (tertiary/aromatic N) is 2. The largest absolute Gasteiger partial charge is 0.391 e. The Labute approximate surface area is 223 Å². The fraction of sp³-hybridized carbons (Fsp3) is 0.440. The maximum Gasteiger partial charge on any atom is 0.192 e. The summed E-state index contributed by atoms with van der Waals surface area (Å²) in [5, 5.41) is 16.7. The van der Waals surface area contributed by atoms with Crippen molar-refractivity contribution in [3.63, 3.8) is 0 Å². The molecule has 0 unspecified atom stereocenters. The highest BCUT2D eigenvalue weighted by Gasteiger charge is 2.33. The van der Waals surface area contributed by atoms with E-state index in [1.807, 2.05) is 13.8 Å². The lowest BCUT2D eigenvalue weighted by molar-refractivity contribution is 0.0120. The Bertz CT molecular complexity index is 1260. The van der Waals surface area contributed by atoms with E-state index in [1.54, 1.807) is 13.8 Å². The Morgan fingerprint density at radius 1 is 0.842 bits per heavy atom. The molecule has 2 heterocycles. The van der Waals surface area contributed by atoms with Gasteiger partial charge >= 0.3 is 0 Å². The van der Waals surface area contributed by atoms with Crippen molar-refractivity contribution in [3.05, 3.63) is 70.8 Å². The summed E-state index contributed by atoms with van der Waals surface area (Å²) in [6, 6.07) is 7.34. The SMILES string of the molecule is CC1(C)CC(S(C)(=O)=O)=NO1.CC1(C)CC(SCc2c(F)cccc2F)=NO1.OCc1c(F)cccc1F. The molecule has 210 valence electrons. The van der Waals surface area contributed by atoms with Gasteiger partial charge in [-0.2, -0.15) is 0 Å². The molecule has 0 fully saturated rings. The van der Waals surface area contributed by atoms with Gasteiger partial charge in [-0.1, -0.05) is 22.4 Å². The first-order valence-corrected chi connectivity index (χ1v) is 14.2. The smallest absolute Gasteiger partial charge is 0.192 e. The Morgan fingerprint density at radius 2 is 1.29 bits per heavy atom. The van der Waals surface area contributed by atoms with E-state index >= 15 is 0 Å². The highest BCUT2D eigenvalue weighted by atomic mass is 32.2. The molecule has 0 spiro atoms. The number of thioether (sulfide) groups is 1. The Morgan fingerprint density at radius 3 is 1.61 bits per heavy atom. The third kappa shape index (κ3) is 9.59. The fourth-order valence-corrected chi connectivity index (χ4v) is 4.90. The zero-order valence-corrected chi connectivity index (χ0v) is 23.2. The van der Waals surface area contributed by atoms with Crippen LogP contribution in [0.1, 0.15) is 51.7 Å². The second-order valence-corrected chi connectivity index (χ2v) is 12.7. The van der Waals surface area contributed by atoms with E-state index in [9.17, 15) is 26.0 Å². The molecule has 2 aliphatic rings. The van der Waals surface area contributed by atoms with Crippen LogP contribution in [0.5, 0.6) is 0 Å². The lowest BCUT2D eigenvalue weighted by Gasteiger charge is -2.13. The molecule has 0 saturated heterocycles. The number of halogens is 4. The van der Waals surface area contributed by atoms with E-state index in [-0.39, 0.29) is 27.5 Å². The fourth-order valence-electron chi connectivity index (χ4n) is 2.99. The molecule has 0 saturated carbocycles. The predicted molar refractivity (Wildman–Crippen MR) is 139 cm³/mol. The van der Waals surface area contributed by atoms with Crippen LogP contribution < -0.4 is 0 Å². The number of rotatable bonds is 3. The first kappa shape index (κ1) is 31.6. The van der Waals surface area contributed by atoms with Gasteiger partial charge in [-0.05, 0) is 52.0 Å². The van der Waals surface area contributed by atoms with Gasteiger partial charge in [0.25, 0.3) is 0 Å². The first-order chi connectivity index (χ1) is 17.5. The zero-order chi connectivity index (χ0) is 28.7. The zero-order valence-electron chi connectivity index (χ0n) is 21.6. The van der Waals surface area contributed by atoms with E-state index < -0.39 is 45.3 Å². The summed E-state index contributed by atoms with van der Waals surface area (Å²) in [6.45, 7) is 6.85. The van der Waals surface area contributed by atoms with Crippen molar-refractivity contribution in [2.75, 3.05) is 6.26 Å². The number of aliphatic hydroxyl groups is 1. The van der Waals surface area contributed by atoms with Crippen molar-refractivity contribution in [2.24, 2.45) is 10.3 Å². The van der Waals surface area contributed by atoms with Crippen LogP contribution in [0.15, 0.2) is 46.7 Å². The number of benzene rings is 2. The van der Waals surface area contributed by atoms with Gasteiger partial charge in [-0.3, -0.25) is 0 Å². The molecule has 0 aliphatic carbocycles. The summed E-state index contributed by atoms with van der Waals surface area (Å²) in [5.74, 6) is -2.21. The average molecular weight is 579 g/mol. The summed E-state index contributed by atoms with van der Waals surface area (Å²) in [4.78, 5) is 10.1. The van der Waals surface area contributed by atoms with Crippen LogP contribution in [0.4, 0.5) is 17.6 Å². The van der Waals surface area contributed by atoms with Crippen LogP contribution in [0.2, 0.25) is 0 Å². The normalized spacial score (nSPS) is 17.1. The molecule has 7 nitrogen and oxygen atoms in total. The molecular formula is C25H30F4N2O5S2. The molecule has 1 N–H and O–H groups in total. The summed E-state index contributed by atoms with van der Waals surface area (Å²) in [7, 11) is -3.15. The van der Waals surface area contributed by atoms with Crippen LogP contribution in [-0.4, -0.2) is 41.1 Å². The highest BCUT2D eigenvalue weighted by Crippen LogP contribution is 2.30. The minimum absolute atomic E-state index is 0.0879. The average Bonchev–Trinajstić information content (AvgIpc) is 3.35. The summed E-state index contributed by atoms with van der Waals surface area (Å²) < 4.78 is 73.4. The van der Waals surface area contributed by atoms with Gasteiger partial charge in [0.15, 0.2) is 14.9 Å². The van der Waals surface area contributed by atoms with Gasteiger partial charge in [-0.25, -0.2) is 26.0 Å². The van der Waals surface area contributed by atoms with Gasteiger partial charge in [0.1, 0.15) is 39.5 Å².